The van der Waals surface area contributed by atoms with Gasteiger partial charge in [-0.15, -0.1) is 0 Å². The highest BCUT2D eigenvalue weighted by Crippen LogP contribution is 2.42. The minimum Gasteiger partial charge on any atom is -0.454 e. The Labute approximate surface area is 189 Å². The van der Waals surface area contributed by atoms with Gasteiger partial charge in [-0.05, 0) is 54.3 Å². The molecule has 0 N–H and O–H groups in total. The van der Waals surface area contributed by atoms with Crippen molar-refractivity contribution >= 4 is 27.6 Å². The van der Waals surface area contributed by atoms with Crippen LogP contribution in [0, 0.1) is 12.7 Å². The van der Waals surface area contributed by atoms with E-state index in [9.17, 15) is 0 Å². The van der Waals surface area contributed by atoms with Crippen molar-refractivity contribution in [3.8, 4) is 22.4 Å². The van der Waals surface area contributed by atoms with E-state index < -0.39 is 6.37 Å². The van der Waals surface area contributed by atoms with Crippen LogP contribution in [-0.4, -0.2) is 13.6 Å². The Morgan fingerprint density at radius 3 is 2.59 bits per heavy atom. The molecule has 0 amide bonds. The molecule has 1 aliphatic heterocycles. The van der Waals surface area contributed by atoms with E-state index in [0.717, 1.165) is 38.9 Å². The molecule has 3 heterocycles. The molecule has 1 aliphatic rings. The van der Waals surface area contributed by atoms with Crippen molar-refractivity contribution < 1.29 is 16.1 Å². The first kappa shape index (κ1) is 17.0. The minimum atomic E-state index is -1.43. The maximum atomic E-state index is 15.3. The van der Waals surface area contributed by atoms with Crippen LogP contribution in [0.2, 0.25) is 0 Å². The number of nitrogens with zero attached hydrogens (tertiary/aromatic N) is 2. The van der Waals surface area contributed by atoms with Crippen LogP contribution in [0.4, 0.5) is 10.1 Å². The molecule has 2 aromatic heterocycles. The third-order valence-electron chi connectivity index (χ3n) is 6.48. The largest absolute Gasteiger partial charge is 0.454 e. The summed E-state index contributed by atoms with van der Waals surface area (Å²) in [6.07, 6.45) is 0.575. The summed E-state index contributed by atoms with van der Waals surface area (Å²) in [4.78, 5) is 1.88. The van der Waals surface area contributed by atoms with Crippen LogP contribution in [0.15, 0.2) is 71.3 Å². The Balaban J connectivity index is 1.65. The monoisotopic (exact) mass is 425 g/mol. The zero-order chi connectivity index (χ0) is 23.8. The van der Waals surface area contributed by atoms with Crippen LogP contribution >= 0.6 is 0 Å². The molecule has 0 unspecified atom stereocenters. The normalized spacial score (nSPS) is 15.8. The van der Waals surface area contributed by atoms with Gasteiger partial charge in [0.25, 0.3) is 0 Å². The molecule has 0 bridgehead atoms. The van der Waals surface area contributed by atoms with Crippen LogP contribution < -0.4 is 9.47 Å². The quantitative estimate of drug-likeness (QED) is 0.315. The van der Waals surface area contributed by atoms with E-state index in [1.54, 1.807) is 18.2 Å². The molecule has 3 aromatic carbocycles. The lowest BCUT2D eigenvalue weighted by molar-refractivity contribution is -0.660. The average molecular weight is 426 g/mol. The van der Waals surface area contributed by atoms with Crippen molar-refractivity contribution in [2.24, 2.45) is 7.05 Å². The van der Waals surface area contributed by atoms with Gasteiger partial charge in [0.2, 0.25) is 5.69 Å². The van der Waals surface area contributed by atoms with Crippen LogP contribution in [-0.2, 0) is 13.4 Å². The SMILES string of the molecule is [2H]C1([2H])CN(C)c2cc(-c3c(F)ccc4c3oc3c(-c5cccc[n+]5C)c(C)ccc34)ccc21. The van der Waals surface area contributed by atoms with Crippen LogP contribution in [0.3, 0.4) is 0 Å². The van der Waals surface area contributed by atoms with Gasteiger partial charge >= 0.3 is 0 Å². The Morgan fingerprint density at radius 2 is 1.78 bits per heavy atom. The third kappa shape index (κ3) is 2.69. The molecule has 0 saturated heterocycles. The zero-order valence-corrected chi connectivity index (χ0v) is 18.2. The summed E-state index contributed by atoms with van der Waals surface area (Å²) in [5.41, 5.74) is 6.82. The maximum Gasteiger partial charge on any atom is 0.216 e. The summed E-state index contributed by atoms with van der Waals surface area (Å²) >= 11 is 0. The predicted molar refractivity (Wildman–Crippen MR) is 127 cm³/mol. The van der Waals surface area contributed by atoms with E-state index in [-0.39, 0.29) is 12.4 Å². The Hall–Kier alpha value is -3.66. The Morgan fingerprint density at radius 1 is 1.00 bits per heavy atom. The van der Waals surface area contributed by atoms with Crippen molar-refractivity contribution in [3.05, 3.63) is 83.8 Å². The van der Waals surface area contributed by atoms with Gasteiger partial charge < -0.3 is 9.32 Å². The van der Waals surface area contributed by atoms with Gasteiger partial charge in [-0.25, -0.2) is 8.96 Å². The highest BCUT2D eigenvalue weighted by Gasteiger charge is 2.24. The molecule has 6 rings (SSSR count). The fourth-order valence-corrected chi connectivity index (χ4v) is 4.79. The second-order valence-electron chi connectivity index (χ2n) is 8.50. The number of hydrogen-bond donors (Lipinski definition) is 0. The summed E-state index contributed by atoms with van der Waals surface area (Å²) in [6.45, 7) is 2.33. The lowest BCUT2D eigenvalue weighted by Crippen LogP contribution is -2.30. The van der Waals surface area contributed by atoms with Crippen molar-refractivity contribution in [2.75, 3.05) is 18.5 Å². The first-order chi connectivity index (χ1) is 16.3. The number of pyridine rings is 1. The first-order valence-electron chi connectivity index (χ1n) is 11.7. The van der Waals surface area contributed by atoms with E-state index in [4.69, 9.17) is 7.16 Å². The van der Waals surface area contributed by atoms with Gasteiger partial charge in [-0.1, -0.05) is 24.3 Å². The van der Waals surface area contributed by atoms with E-state index in [0.29, 0.717) is 22.3 Å². The molecule has 32 heavy (non-hydrogen) atoms. The van der Waals surface area contributed by atoms with Crippen LogP contribution in [0.25, 0.3) is 44.3 Å². The van der Waals surface area contributed by atoms with Gasteiger partial charge in [0.1, 0.15) is 24.0 Å². The number of benzene rings is 3. The highest BCUT2D eigenvalue weighted by atomic mass is 19.1. The van der Waals surface area contributed by atoms with E-state index in [1.807, 2.05) is 49.5 Å². The number of likely N-dealkylation sites (N-methyl/N-ethyl adjacent to an activating group) is 1. The molecule has 5 aromatic rings. The fourth-order valence-electron chi connectivity index (χ4n) is 4.79. The second-order valence-corrected chi connectivity index (χ2v) is 8.50. The molecule has 0 radical (unpaired) electrons. The summed E-state index contributed by atoms with van der Waals surface area (Å²) in [7, 11) is 3.86. The number of halogens is 1. The lowest BCUT2D eigenvalue weighted by atomic mass is 9.98. The van der Waals surface area contributed by atoms with E-state index in [1.165, 1.54) is 6.07 Å². The number of hydrogen-bond acceptors (Lipinski definition) is 2. The minimum absolute atomic E-state index is 0.278. The Kier molecular flexibility index (Phi) is 3.67. The van der Waals surface area contributed by atoms with Crippen molar-refractivity contribution in [1.82, 2.24) is 0 Å². The maximum absolute atomic E-state index is 15.3. The number of aromatic nitrogens is 1. The summed E-state index contributed by atoms with van der Waals surface area (Å²) < 4.78 is 40.5. The van der Waals surface area contributed by atoms with Gasteiger partial charge in [0, 0.05) is 44.9 Å². The highest BCUT2D eigenvalue weighted by molar-refractivity contribution is 6.13. The standard InChI is InChI=1S/C28H24FN2O/c1-17-7-10-20-21-11-12-22(29)26(19-9-8-18-13-15-31(3)24(18)16-19)28(21)32-27(20)25(17)23-6-4-5-14-30(23)2/h4-12,14,16H,13,15H2,1-3H3/q+1/i13D2. The first-order valence-corrected chi connectivity index (χ1v) is 10.7. The molecule has 0 fully saturated rings. The molecule has 0 atom stereocenters. The van der Waals surface area contributed by atoms with E-state index >= 15 is 4.39 Å². The molecule has 158 valence electrons. The zero-order valence-electron chi connectivity index (χ0n) is 20.2. The number of anilines is 1. The van der Waals surface area contributed by atoms with Gasteiger partial charge in [-0.3, -0.25) is 0 Å². The number of aryl methyl sites for hydroxylation is 2. The smallest absolute Gasteiger partial charge is 0.216 e. The van der Waals surface area contributed by atoms with Gasteiger partial charge in [0.15, 0.2) is 6.20 Å². The number of rotatable bonds is 2. The summed E-state index contributed by atoms with van der Waals surface area (Å²) in [6, 6.07) is 18.9. The molecule has 4 heteroatoms. The van der Waals surface area contributed by atoms with Crippen LogP contribution in [0.1, 0.15) is 13.9 Å². The molecule has 0 spiro atoms. The number of fused-ring (bicyclic) bond motifs is 4. The molecular weight excluding hydrogens is 399 g/mol. The van der Waals surface area contributed by atoms with Crippen molar-refractivity contribution in [2.45, 2.75) is 13.3 Å². The van der Waals surface area contributed by atoms with Gasteiger partial charge in [0.05, 0.1) is 11.1 Å². The van der Waals surface area contributed by atoms with Crippen molar-refractivity contribution in [3.63, 3.8) is 0 Å². The molecule has 3 nitrogen and oxygen atoms in total. The fraction of sp³-hybridized carbons (Fsp3) is 0.179. The topological polar surface area (TPSA) is 20.3 Å². The van der Waals surface area contributed by atoms with E-state index in [2.05, 4.69) is 23.6 Å². The average Bonchev–Trinajstić information content (AvgIpc) is 3.27. The Bertz CT molecular complexity index is 1620. The third-order valence-corrected chi connectivity index (χ3v) is 6.48. The van der Waals surface area contributed by atoms with Crippen LogP contribution in [0.5, 0.6) is 0 Å². The van der Waals surface area contributed by atoms with Gasteiger partial charge in [-0.2, -0.15) is 0 Å². The summed E-state index contributed by atoms with van der Waals surface area (Å²) in [5.74, 6) is -0.362. The molecular formula is C28H24FN2O+. The number of furan rings is 1. The summed E-state index contributed by atoms with van der Waals surface area (Å²) in [5, 5.41) is 1.80. The predicted octanol–water partition coefficient (Wildman–Crippen LogP) is 6.18. The molecule has 0 saturated carbocycles. The molecule has 0 aliphatic carbocycles. The second kappa shape index (κ2) is 6.92. The van der Waals surface area contributed by atoms with Crippen molar-refractivity contribution in [1.29, 1.82) is 0 Å². The lowest BCUT2D eigenvalue weighted by Gasteiger charge is -2.13.